The highest BCUT2D eigenvalue weighted by atomic mass is 16.5. The molecule has 0 aliphatic carbocycles. The minimum absolute atomic E-state index is 0.0143. The highest BCUT2D eigenvalue weighted by molar-refractivity contribution is 5.43. The number of ether oxygens (including phenoxy) is 1. The summed E-state index contributed by atoms with van der Waals surface area (Å²) in [6.45, 7) is 12.3. The molecular formula is C21H32N6O2. The first-order valence-corrected chi connectivity index (χ1v) is 10.6. The van der Waals surface area contributed by atoms with Crippen molar-refractivity contribution < 1.29 is 4.74 Å². The molecule has 8 heteroatoms. The summed E-state index contributed by atoms with van der Waals surface area (Å²) in [5.41, 5.74) is 3.34. The molecule has 1 N–H and O–H groups in total. The highest BCUT2D eigenvalue weighted by Crippen LogP contribution is 2.27. The number of aromatic amines is 1. The Hall–Kier alpha value is -2.19. The molecule has 0 amide bonds. The number of H-pyrrole nitrogens is 1. The fourth-order valence-electron chi connectivity index (χ4n) is 4.37. The summed E-state index contributed by atoms with van der Waals surface area (Å²) in [6.07, 6.45) is 5.82. The Morgan fingerprint density at radius 2 is 2.00 bits per heavy atom. The van der Waals surface area contributed by atoms with Crippen LogP contribution in [0.15, 0.2) is 23.3 Å². The second-order valence-corrected chi connectivity index (χ2v) is 9.15. The van der Waals surface area contributed by atoms with Crippen LogP contribution in [0.1, 0.15) is 50.9 Å². The van der Waals surface area contributed by atoms with Gasteiger partial charge in [0.2, 0.25) is 0 Å². The molecule has 0 saturated carbocycles. The molecule has 2 aliphatic rings. The number of morpholine rings is 1. The average molecular weight is 401 g/mol. The predicted molar refractivity (Wildman–Crippen MR) is 112 cm³/mol. The third kappa shape index (κ3) is 4.53. The second kappa shape index (κ2) is 8.28. The first-order chi connectivity index (χ1) is 13.9. The van der Waals surface area contributed by atoms with Crippen molar-refractivity contribution in [1.29, 1.82) is 0 Å². The number of nitrogens with one attached hydrogen (secondary N) is 1. The maximum Gasteiger partial charge on any atom is 0.269 e. The monoisotopic (exact) mass is 400 g/mol. The van der Waals surface area contributed by atoms with Gasteiger partial charge in [0.05, 0.1) is 37.3 Å². The van der Waals surface area contributed by atoms with Gasteiger partial charge in [-0.05, 0) is 19.4 Å². The van der Waals surface area contributed by atoms with Crippen LogP contribution in [0.2, 0.25) is 0 Å². The molecule has 8 nitrogen and oxygen atoms in total. The molecule has 0 spiro atoms. The Morgan fingerprint density at radius 1 is 1.21 bits per heavy atom. The summed E-state index contributed by atoms with van der Waals surface area (Å²) in [6, 6.07) is 1.84. The predicted octanol–water partition coefficient (Wildman–Crippen LogP) is 1.94. The van der Waals surface area contributed by atoms with E-state index in [0.717, 1.165) is 51.3 Å². The number of anilines is 1. The molecule has 0 aromatic carbocycles. The Bertz CT molecular complexity index is 878. The number of nitrogens with zero attached hydrogens (tertiary/aromatic N) is 5. The standard InChI is InChI=1S/C21H32N6O2/c1-21(2,3)20-16(12-22-24-20)14-25-6-4-5-17(15-25)27-19(28)11-18(13-23-27)26-7-9-29-10-8-26/h11-13,17H,4-10,14-15H2,1-3H3,(H,22,24)/t17-/m0/s1. The largest absolute Gasteiger partial charge is 0.378 e. The molecule has 4 heterocycles. The first-order valence-electron chi connectivity index (χ1n) is 10.6. The third-order valence-corrected chi connectivity index (χ3v) is 5.88. The van der Waals surface area contributed by atoms with Gasteiger partial charge in [-0.2, -0.15) is 10.2 Å². The first kappa shape index (κ1) is 20.1. The van der Waals surface area contributed by atoms with Crippen molar-refractivity contribution in [3.05, 3.63) is 40.1 Å². The van der Waals surface area contributed by atoms with Crippen molar-refractivity contribution in [3.8, 4) is 0 Å². The van der Waals surface area contributed by atoms with Crippen molar-refractivity contribution in [2.75, 3.05) is 44.3 Å². The van der Waals surface area contributed by atoms with Crippen LogP contribution in [0.5, 0.6) is 0 Å². The molecule has 2 aromatic heterocycles. The van der Waals surface area contributed by atoms with Crippen molar-refractivity contribution >= 4 is 5.69 Å². The van der Waals surface area contributed by atoms with Crippen LogP contribution in [0, 0.1) is 0 Å². The van der Waals surface area contributed by atoms with Crippen LogP contribution in [0.3, 0.4) is 0 Å². The number of hydrogen-bond acceptors (Lipinski definition) is 6. The van der Waals surface area contributed by atoms with Gasteiger partial charge >= 0.3 is 0 Å². The Kier molecular flexibility index (Phi) is 5.74. The molecule has 4 rings (SSSR count). The lowest BCUT2D eigenvalue weighted by molar-refractivity contribution is 0.122. The van der Waals surface area contributed by atoms with E-state index >= 15 is 0 Å². The van der Waals surface area contributed by atoms with E-state index in [-0.39, 0.29) is 17.0 Å². The van der Waals surface area contributed by atoms with Crippen LogP contribution in [-0.2, 0) is 16.7 Å². The number of aromatic nitrogens is 4. The van der Waals surface area contributed by atoms with Crippen LogP contribution < -0.4 is 10.5 Å². The van der Waals surface area contributed by atoms with Gasteiger partial charge in [-0.1, -0.05) is 20.8 Å². The van der Waals surface area contributed by atoms with E-state index in [2.05, 4.69) is 45.9 Å². The molecule has 0 bridgehead atoms. The Labute approximate surface area is 171 Å². The molecule has 29 heavy (non-hydrogen) atoms. The molecule has 2 aromatic rings. The van der Waals surface area contributed by atoms with Gasteiger partial charge < -0.3 is 9.64 Å². The van der Waals surface area contributed by atoms with E-state index in [1.54, 1.807) is 10.7 Å². The number of hydrogen-bond donors (Lipinski definition) is 1. The topological polar surface area (TPSA) is 79.3 Å². The van der Waals surface area contributed by atoms with Crippen molar-refractivity contribution in [2.45, 2.75) is 51.6 Å². The summed E-state index contributed by atoms with van der Waals surface area (Å²) in [4.78, 5) is 17.4. The van der Waals surface area contributed by atoms with E-state index in [0.29, 0.717) is 13.2 Å². The van der Waals surface area contributed by atoms with E-state index in [1.807, 2.05) is 12.4 Å². The summed E-state index contributed by atoms with van der Waals surface area (Å²) < 4.78 is 7.07. The maximum absolute atomic E-state index is 12.8. The molecule has 2 saturated heterocycles. The molecule has 2 fully saturated rings. The highest BCUT2D eigenvalue weighted by Gasteiger charge is 2.26. The minimum Gasteiger partial charge on any atom is -0.378 e. The van der Waals surface area contributed by atoms with E-state index in [4.69, 9.17) is 4.74 Å². The molecular weight excluding hydrogens is 368 g/mol. The van der Waals surface area contributed by atoms with Gasteiger partial charge in [0, 0.05) is 48.9 Å². The van der Waals surface area contributed by atoms with E-state index < -0.39 is 0 Å². The van der Waals surface area contributed by atoms with Gasteiger partial charge in [0.15, 0.2) is 0 Å². The lowest BCUT2D eigenvalue weighted by atomic mass is 9.89. The average Bonchev–Trinajstić information content (AvgIpc) is 3.17. The fraction of sp³-hybridized carbons (Fsp3) is 0.667. The molecule has 158 valence electrons. The zero-order valence-corrected chi connectivity index (χ0v) is 17.7. The van der Waals surface area contributed by atoms with Crippen molar-refractivity contribution in [1.82, 2.24) is 24.9 Å². The number of rotatable bonds is 4. The van der Waals surface area contributed by atoms with Crippen LogP contribution in [-0.4, -0.2) is 64.3 Å². The SMILES string of the molecule is CC(C)(C)c1[nH]ncc1CN1CCC[C@H](n2ncc(N3CCOCC3)cc2=O)C1. The smallest absolute Gasteiger partial charge is 0.269 e. The zero-order chi connectivity index (χ0) is 20.4. The third-order valence-electron chi connectivity index (χ3n) is 5.88. The number of likely N-dealkylation sites (tertiary alicyclic amines) is 1. The minimum atomic E-state index is -0.0143. The van der Waals surface area contributed by atoms with Crippen LogP contribution >= 0.6 is 0 Å². The fourth-order valence-corrected chi connectivity index (χ4v) is 4.37. The summed E-state index contributed by atoms with van der Waals surface area (Å²) in [5, 5.41) is 12.0. The van der Waals surface area contributed by atoms with E-state index in [1.165, 1.54) is 11.3 Å². The van der Waals surface area contributed by atoms with Gasteiger partial charge in [-0.25, -0.2) is 4.68 Å². The Balaban J connectivity index is 1.46. The van der Waals surface area contributed by atoms with Crippen LogP contribution in [0.4, 0.5) is 5.69 Å². The van der Waals surface area contributed by atoms with Gasteiger partial charge in [-0.15, -0.1) is 0 Å². The maximum atomic E-state index is 12.8. The quantitative estimate of drug-likeness (QED) is 0.845. The summed E-state index contributed by atoms with van der Waals surface area (Å²) in [7, 11) is 0. The van der Waals surface area contributed by atoms with Gasteiger partial charge in [-0.3, -0.25) is 14.8 Å². The van der Waals surface area contributed by atoms with Crippen molar-refractivity contribution in [3.63, 3.8) is 0 Å². The van der Waals surface area contributed by atoms with E-state index in [9.17, 15) is 4.79 Å². The molecule has 1 atom stereocenters. The number of piperidine rings is 1. The molecule has 0 unspecified atom stereocenters. The van der Waals surface area contributed by atoms with Gasteiger partial charge in [0.25, 0.3) is 5.56 Å². The zero-order valence-electron chi connectivity index (χ0n) is 17.7. The molecule has 2 aliphatic heterocycles. The molecule has 0 radical (unpaired) electrons. The van der Waals surface area contributed by atoms with Crippen molar-refractivity contribution in [2.24, 2.45) is 0 Å². The summed E-state index contributed by atoms with van der Waals surface area (Å²) >= 11 is 0. The van der Waals surface area contributed by atoms with Gasteiger partial charge in [0.1, 0.15) is 0 Å². The lowest BCUT2D eigenvalue weighted by Crippen LogP contribution is -2.41. The Morgan fingerprint density at radius 3 is 2.72 bits per heavy atom. The normalized spacial score (nSPS) is 21.5. The summed E-state index contributed by atoms with van der Waals surface area (Å²) in [5.74, 6) is 0. The lowest BCUT2D eigenvalue weighted by Gasteiger charge is -2.34. The van der Waals surface area contributed by atoms with Crippen LogP contribution in [0.25, 0.3) is 0 Å². The second-order valence-electron chi connectivity index (χ2n) is 9.15.